The molecule has 3 aromatic carbocycles. The van der Waals surface area contributed by atoms with Crippen LogP contribution in [0.15, 0.2) is 77.7 Å². The van der Waals surface area contributed by atoms with Gasteiger partial charge in [-0.3, -0.25) is 4.72 Å². The predicted octanol–water partition coefficient (Wildman–Crippen LogP) is 6.73. The van der Waals surface area contributed by atoms with E-state index in [-0.39, 0.29) is 4.90 Å². The molecule has 4 rings (SSSR count). The highest BCUT2D eigenvalue weighted by molar-refractivity contribution is 7.92. The zero-order valence-electron chi connectivity index (χ0n) is 20.5. The summed E-state index contributed by atoms with van der Waals surface area (Å²) in [6.45, 7) is 5.51. The Bertz CT molecular complexity index is 1360. The van der Waals surface area contributed by atoms with Crippen LogP contribution in [-0.4, -0.2) is 18.0 Å². The Morgan fingerprint density at radius 1 is 0.857 bits per heavy atom. The molecule has 6 nitrogen and oxygen atoms in total. The molecule has 35 heavy (non-hydrogen) atoms. The monoisotopic (exact) mass is 490 g/mol. The molecule has 0 aliphatic heterocycles. The normalized spacial score (nSPS) is 11.6. The maximum Gasteiger partial charge on any atom is 0.261 e. The van der Waals surface area contributed by atoms with Crippen LogP contribution in [0.5, 0.6) is 0 Å². The van der Waals surface area contributed by atoms with Crippen LogP contribution in [0.2, 0.25) is 0 Å². The molecular formula is C28H34N4O2S. The molecule has 0 spiro atoms. The van der Waals surface area contributed by atoms with Gasteiger partial charge in [0.25, 0.3) is 10.0 Å². The standard InChI is InChI=1S/C28H34N4O2S/c1-3-4-5-6-11-20-32-27-15-10-9-14-26(27)30-28(32)29-21-23-12-7-8-13-25(23)31-35(33,34)24-18-16-22(2)17-19-24/h7-10,12-19,31H,3-6,11,20-21H2,1-2H3,(H,29,30). The molecule has 0 bridgehead atoms. The fourth-order valence-corrected chi connectivity index (χ4v) is 5.28. The van der Waals surface area contributed by atoms with E-state index in [0.29, 0.717) is 12.2 Å². The van der Waals surface area contributed by atoms with Gasteiger partial charge in [0, 0.05) is 13.1 Å². The lowest BCUT2D eigenvalue weighted by Crippen LogP contribution is -2.15. The van der Waals surface area contributed by atoms with Gasteiger partial charge in [-0.25, -0.2) is 13.4 Å². The molecule has 0 saturated carbocycles. The van der Waals surface area contributed by atoms with Gasteiger partial charge < -0.3 is 9.88 Å². The molecule has 0 amide bonds. The van der Waals surface area contributed by atoms with Crippen molar-refractivity contribution in [3.63, 3.8) is 0 Å². The van der Waals surface area contributed by atoms with E-state index < -0.39 is 10.0 Å². The van der Waals surface area contributed by atoms with Gasteiger partial charge in [-0.1, -0.05) is 80.6 Å². The fraction of sp³-hybridized carbons (Fsp3) is 0.321. The number of para-hydroxylation sites is 3. The zero-order chi connectivity index (χ0) is 24.7. The summed E-state index contributed by atoms with van der Waals surface area (Å²) in [6, 6.07) is 22.5. The first-order chi connectivity index (χ1) is 17.0. The molecule has 2 N–H and O–H groups in total. The lowest BCUT2D eigenvalue weighted by Gasteiger charge is -2.15. The molecule has 184 valence electrons. The number of aromatic nitrogens is 2. The number of hydrogen-bond donors (Lipinski definition) is 2. The van der Waals surface area contributed by atoms with Crippen molar-refractivity contribution in [2.45, 2.75) is 63.9 Å². The number of benzene rings is 3. The third-order valence-corrected chi connectivity index (χ3v) is 7.55. The topological polar surface area (TPSA) is 76.0 Å². The maximum absolute atomic E-state index is 13.0. The smallest absolute Gasteiger partial charge is 0.261 e. The van der Waals surface area contributed by atoms with Crippen molar-refractivity contribution < 1.29 is 8.42 Å². The van der Waals surface area contributed by atoms with E-state index in [1.807, 2.05) is 43.3 Å². The molecule has 0 saturated heterocycles. The number of imidazole rings is 1. The number of unbranched alkanes of at least 4 members (excludes halogenated alkanes) is 4. The Morgan fingerprint density at radius 2 is 1.57 bits per heavy atom. The van der Waals surface area contributed by atoms with Crippen molar-refractivity contribution in [1.82, 2.24) is 9.55 Å². The number of sulfonamides is 1. The molecular weight excluding hydrogens is 456 g/mol. The minimum atomic E-state index is -3.68. The molecule has 4 aromatic rings. The molecule has 0 fully saturated rings. The Kier molecular flexibility index (Phi) is 8.08. The second-order valence-electron chi connectivity index (χ2n) is 8.92. The zero-order valence-corrected chi connectivity index (χ0v) is 21.3. The Balaban J connectivity index is 1.52. The molecule has 0 aliphatic carbocycles. The second kappa shape index (κ2) is 11.4. The van der Waals surface area contributed by atoms with E-state index in [4.69, 9.17) is 4.98 Å². The van der Waals surface area contributed by atoms with Crippen molar-refractivity contribution in [2.24, 2.45) is 0 Å². The van der Waals surface area contributed by atoms with E-state index in [9.17, 15) is 8.42 Å². The van der Waals surface area contributed by atoms with Crippen LogP contribution in [0, 0.1) is 6.92 Å². The Hall–Kier alpha value is -3.32. The number of fused-ring (bicyclic) bond motifs is 1. The molecule has 0 aliphatic rings. The first kappa shape index (κ1) is 24.8. The van der Waals surface area contributed by atoms with Gasteiger partial charge in [0.2, 0.25) is 5.95 Å². The first-order valence-corrected chi connectivity index (χ1v) is 13.8. The van der Waals surface area contributed by atoms with E-state index in [1.165, 1.54) is 25.7 Å². The van der Waals surface area contributed by atoms with Crippen molar-refractivity contribution in [3.8, 4) is 0 Å². The summed E-state index contributed by atoms with van der Waals surface area (Å²) < 4.78 is 30.9. The van der Waals surface area contributed by atoms with Crippen LogP contribution in [0.4, 0.5) is 11.6 Å². The van der Waals surface area contributed by atoms with Gasteiger partial charge in [0.1, 0.15) is 0 Å². The SMILES string of the molecule is CCCCCCCn1c(NCc2ccccc2NS(=O)(=O)c2ccc(C)cc2)nc2ccccc21. The van der Waals surface area contributed by atoms with Crippen LogP contribution < -0.4 is 10.0 Å². The van der Waals surface area contributed by atoms with Crippen molar-refractivity contribution in [1.29, 1.82) is 0 Å². The van der Waals surface area contributed by atoms with E-state index in [1.54, 1.807) is 30.3 Å². The highest BCUT2D eigenvalue weighted by Gasteiger charge is 2.16. The van der Waals surface area contributed by atoms with E-state index in [2.05, 4.69) is 27.6 Å². The molecule has 1 heterocycles. The number of hydrogen-bond acceptors (Lipinski definition) is 4. The van der Waals surface area contributed by atoms with E-state index in [0.717, 1.165) is 41.1 Å². The average Bonchev–Trinajstić information content (AvgIpc) is 3.21. The summed E-state index contributed by atoms with van der Waals surface area (Å²) in [5.41, 5.74) is 4.49. The van der Waals surface area contributed by atoms with Crippen molar-refractivity contribution in [3.05, 3.63) is 83.9 Å². The van der Waals surface area contributed by atoms with Gasteiger partial charge in [-0.2, -0.15) is 0 Å². The van der Waals surface area contributed by atoms with Crippen molar-refractivity contribution in [2.75, 3.05) is 10.0 Å². The van der Waals surface area contributed by atoms with Crippen LogP contribution in [-0.2, 0) is 23.1 Å². The molecule has 0 radical (unpaired) electrons. The van der Waals surface area contributed by atoms with Crippen LogP contribution >= 0.6 is 0 Å². The number of nitrogens with zero attached hydrogens (tertiary/aromatic N) is 2. The van der Waals surface area contributed by atoms with Gasteiger partial charge in [0.05, 0.1) is 21.6 Å². The highest BCUT2D eigenvalue weighted by Crippen LogP contribution is 2.24. The van der Waals surface area contributed by atoms with E-state index >= 15 is 0 Å². The number of aryl methyl sites for hydroxylation is 2. The Labute approximate surface area is 208 Å². The van der Waals surface area contributed by atoms with Crippen LogP contribution in [0.25, 0.3) is 11.0 Å². The third kappa shape index (κ3) is 6.22. The quantitative estimate of drug-likeness (QED) is 0.216. The average molecular weight is 491 g/mol. The summed E-state index contributed by atoms with van der Waals surface area (Å²) in [5.74, 6) is 0.804. The first-order valence-electron chi connectivity index (χ1n) is 12.3. The van der Waals surface area contributed by atoms with Gasteiger partial charge in [0.15, 0.2) is 0 Å². The third-order valence-electron chi connectivity index (χ3n) is 6.17. The maximum atomic E-state index is 13.0. The Morgan fingerprint density at radius 3 is 2.37 bits per heavy atom. The van der Waals surface area contributed by atoms with Crippen LogP contribution in [0.1, 0.15) is 50.2 Å². The summed E-state index contributed by atoms with van der Waals surface area (Å²) in [6.07, 6.45) is 6.05. The number of rotatable bonds is 12. The number of anilines is 2. The predicted molar refractivity (Wildman–Crippen MR) is 144 cm³/mol. The molecule has 0 unspecified atom stereocenters. The van der Waals surface area contributed by atoms with Gasteiger partial charge in [-0.15, -0.1) is 0 Å². The summed E-state index contributed by atoms with van der Waals surface area (Å²) in [7, 11) is -3.68. The summed E-state index contributed by atoms with van der Waals surface area (Å²) >= 11 is 0. The van der Waals surface area contributed by atoms with Gasteiger partial charge >= 0.3 is 0 Å². The number of nitrogens with one attached hydrogen (secondary N) is 2. The summed E-state index contributed by atoms with van der Waals surface area (Å²) in [4.78, 5) is 5.06. The molecule has 0 atom stereocenters. The molecule has 7 heteroatoms. The van der Waals surface area contributed by atoms with Crippen molar-refractivity contribution >= 4 is 32.7 Å². The minimum absolute atomic E-state index is 0.246. The summed E-state index contributed by atoms with van der Waals surface area (Å²) in [5, 5.41) is 3.46. The van der Waals surface area contributed by atoms with Gasteiger partial charge in [-0.05, 0) is 49.2 Å². The largest absolute Gasteiger partial charge is 0.351 e. The second-order valence-corrected chi connectivity index (χ2v) is 10.6. The minimum Gasteiger partial charge on any atom is -0.351 e. The lowest BCUT2D eigenvalue weighted by molar-refractivity contribution is 0.577. The fourth-order valence-electron chi connectivity index (χ4n) is 4.18. The molecule has 1 aromatic heterocycles. The van der Waals surface area contributed by atoms with Crippen LogP contribution in [0.3, 0.4) is 0 Å². The highest BCUT2D eigenvalue weighted by atomic mass is 32.2. The lowest BCUT2D eigenvalue weighted by atomic mass is 10.1.